The molecular weight excluding hydrogens is 236 g/mol. The van der Waals surface area contributed by atoms with E-state index in [1.165, 1.54) is 0 Å². The Labute approximate surface area is 105 Å². The molecule has 5 heteroatoms. The Bertz CT molecular complexity index is 416. The van der Waals surface area contributed by atoms with E-state index in [2.05, 4.69) is 0 Å². The molecule has 1 aromatic rings. The van der Waals surface area contributed by atoms with E-state index in [4.69, 9.17) is 0 Å². The fourth-order valence-electron chi connectivity index (χ4n) is 2.08. The molecule has 1 aliphatic heterocycles. The van der Waals surface area contributed by atoms with Crippen LogP contribution in [-0.4, -0.2) is 42.3 Å². The fourth-order valence-corrected chi connectivity index (χ4v) is 2.73. The molecule has 2 rings (SSSR count). The topological polar surface area (TPSA) is 40.6 Å². The first kappa shape index (κ1) is 12.1. The van der Waals surface area contributed by atoms with Crippen molar-refractivity contribution >= 4 is 23.2 Å². The normalized spacial score (nSPS) is 19.8. The summed E-state index contributed by atoms with van der Waals surface area (Å²) in [6, 6.07) is 2.01. The molecule has 1 fully saturated rings. The Morgan fingerprint density at radius 2 is 2.41 bits per heavy atom. The highest BCUT2D eigenvalue weighted by atomic mass is 32.1. The van der Waals surface area contributed by atoms with Crippen LogP contribution in [0.3, 0.4) is 0 Å². The molecule has 0 bridgehead atoms. The predicted octanol–water partition coefficient (Wildman–Crippen LogP) is 1.18. The monoisotopic (exact) mass is 252 g/mol. The first-order chi connectivity index (χ1) is 8.08. The third kappa shape index (κ3) is 2.66. The van der Waals surface area contributed by atoms with Gasteiger partial charge in [0.25, 0.3) is 0 Å². The zero-order valence-corrected chi connectivity index (χ0v) is 10.9. The number of hydrogen-bond acceptors (Lipinski definition) is 3. The molecule has 1 atom stereocenters. The molecule has 17 heavy (non-hydrogen) atoms. The van der Waals surface area contributed by atoms with E-state index in [1.54, 1.807) is 35.2 Å². The number of nitrogens with zero attached hydrogens (tertiary/aromatic N) is 2. The number of carbonyl (C=O) groups is 2. The Morgan fingerprint density at radius 3 is 2.94 bits per heavy atom. The molecule has 0 aliphatic carbocycles. The van der Waals surface area contributed by atoms with Gasteiger partial charge in [-0.05, 0) is 22.4 Å². The maximum atomic E-state index is 12.1. The quantitative estimate of drug-likeness (QED) is 0.810. The molecule has 2 amide bonds. The van der Waals surface area contributed by atoms with E-state index in [0.717, 1.165) is 5.56 Å². The van der Waals surface area contributed by atoms with Crippen LogP contribution in [0.25, 0.3) is 0 Å². The summed E-state index contributed by atoms with van der Waals surface area (Å²) in [4.78, 5) is 26.8. The number of rotatable bonds is 3. The summed E-state index contributed by atoms with van der Waals surface area (Å²) in [5.41, 5.74) is 1.14. The summed E-state index contributed by atoms with van der Waals surface area (Å²) < 4.78 is 0. The van der Waals surface area contributed by atoms with Crippen molar-refractivity contribution in [1.29, 1.82) is 0 Å². The van der Waals surface area contributed by atoms with Crippen molar-refractivity contribution in [3.63, 3.8) is 0 Å². The van der Waals surface area contributed by atoms with Crippen LogP contribution in [0.2, 0.25) is 0 Å². The second-order valence-corrected chi connectivity index (χ2v) is 5.28. The lowest BCUT2D eigenvalue weighted by atomic mass is 10.1. The summed E-state index contributed by atoms with van der Waals surface area (Å²) >= 11 is 1.63. The van der Waals surface area contributed by atoms with Crippen LogP contribution in [0.4, 0.5) is 0 Å². The molecule has 0 unspecified atom stereocenters. The van der Waals surface area contributed by atoms with E-state index >= 15 is 0 Å². The zero-order chi connectivity index (χ0) is 12.4. The molecule has 4 nitrogen and oxygen atoms in total. The average Bonchev–Trinajstić information content (AvgIpc) is 2.89. The first-order valence-corrected chi connectivity index (χ1v) is 6.52. The lowest BCUT2D eigenvalue weighted by Gasteiger charge is -2.20. The van der Waals surface area contributed by atoms with E-state index in [9.17, 15) is 9.59 Å². The van der Waals surface area contributed by atoms with Crippen molar-refractivity contribution in [1.82, 2.24) is 9.80 Å². The number of amides is 2. The standard InChI is InChI=1S/C12H16N2O2S/c1-13-7-10(5-11(13)15)12(16)14(2)6-9-3-4-17-8-9/h3-4,8,10H,5-7H2,1-2H3/t10-/m1/s1. The van der Waals surface area contributed by atoms with Gasteiger partial charge in [-0.25, -0.2) is 0 Å². The number of likely N-dealkylation sites (tertiary alicyclic amines) is 1. The first-order valence-electron chi connectivity index (χ1n) is 5.58. The van der Waals surface area contributed by atoms with Gasteiger partial charge in [0, 0.05) is 33.6 Å². The van der Waals surface area contributed by atoms with Crippen molar-refractivity contribution in [2.75, 3.05) is 20.6 Å². The highest BCUT2D eigenvalue weighted by Crippen LogP contribution is 2.19. The van der Waals surface area contributed by atoms with Gasteiger partial charge in [-0.2, -0.15) is 11.3 Å². The second-order valence-electron chi connectivity index (χ2n) is 4.50. The Morgan fingerprint density at radius 1 is 1.65 bits per heavy atom. The third-order valence-electron chi connectivity index (χ3n) is 3.07. The van der Waals surface area contributed by atoms with Gasteiger partial charge in [0.1, 0.15) is 0 Å². The van der Waals surface area contributed by atoms with Gasteiger partial charge in [0.2, 0.25) is 11.8 Å². The predicted molar refractivity (Wildman–Crippen MR) is 66.5 cm³/mol. The molecule has 0 saturated carbocycles. The Balaban J connectivity index is 1.94. The zero-order valence-electron chi connectivity index (χ0n) is 10.0. The SMILES string of the molecule is CN1C[C@H](C(=O)N(C)Cc2ccsc2)CC1=O. The molecule has 0 radical (unpaired) electrons. The van der Waals surface area contributed by atoms with Gasteiger partial charge in [0.05, 0.1) is 5.92 Å². The molecular formula is C12H16N2O2S. The smallest absolute Gasteiger partial charge is 0.228 e. The van der Waals surface area contributed by atoms with Crippen LogP contribution >= 0.6 is 11.3 Å². The number of carbonyl (C=O) groups excluding carboxylic acids is 2. The van der Waals surface area contributed by atoms with Crippen LogP contribution in [0.5, 0.6) is 0 Å². The highest BCUT2D eigenvalue weighted by molar-refractivity contribution is 7.07. The van der Waals surface area contributed by atoms with Crippen LogP contribution in [-0.2, 0) is 16.1 Å². The molecule has 0 spiro atoms. The van der Waals surface area contributed by atoms with Gasteiger partial charge >= 0.3 is 0 Å². The van der Waals surface area contributed by atoms with E-state index in [0.29, 0.717) is 19.5 Å². The minimum Gasteiger partial charge on any atom is -0.345 e. The molecule has 2 heterocycles. The summed E-state index contributed by atoms with van der Waals surface area (Å²) in [6.07, 6.45) is 0.351. The average molecular weight is 252 g/mol. The largest absolute Gasteiger partial charge is 0.345 e. The van der Waals surface area contributed by atoms with Crippen LogP contribution in [0.15, 0.2) is 16.8 Å². The molecule has 1 aliphatic rings. The highest BCUT2D eigenvalue weighted by Gasteiger charge is 2.33. The van der Waals surface area contributed by atoms with E-state index in [1.807, 2.05) is 16.8 Å². The number of hydrogen-bond donors (Lipinski definition) is 0. The summed E-state index contributed by atoms with van der Waals surface area (Å²) in [7, 11) is 3.54. The van der Waals surface area contributed by atoms with E-state index in [-0.39, 0.29) is 17.7 Å². The van der Waals surface area contributed by atoms with Gasteiger partial charge in [0.15, 0.2) is 0 Å². The van der Waals surface area contributed by atoms with Crippen molar-refractivity contribution in [3.8, 4) is 0 Å². The summed E-state index contributed by atoms with van der Waals surface area (Å²) in [6.45, 7) is 1.17. The molecule has 1 saturated heterocycles. The Kier molecular flexibility index (Phi) is 3.47. The molecule has 0 N–H and O–H groups in total. The second kappa shape index (κ2) is 4.87. The third-order valence-corrected chi connectivity index (χ3v) is 3.80. The summed E-state index contributed by atoms with van der Waals surface area (Å²) in [5.74, 6) is -0.0441. The summed E-state index contributed by atoms with van der Waals surface area (Å²) in [5, 5.41) is 4.04. The Hall–Kier alpha value is -1.36. The maximum absolute atomic E-state index is 12.1. The van der Waals surface area contributed by atoms with Crippen LogP contribution in [0.1, 0.15) is 12.0 Å². The molecule has 92 valence electrons. The van der Waals surface area contributed by atoms with Crippen LogP contribution < -0.4 is 0 Å². The van der Waals surface area contributed by atoms with Crippen molar-refractivity contribution in [3.05, 3.63) is 22.4 Å². The minimum absolute atomic E-state index is 0.0623. The van der Waals surface area contributed by atoms with Gasteiger partial charge < -0.3 is 9.80 Å². The van der Waals surface area contributed by atoms with Gasteiger partial charge in [-0.15, -0.1) is 0 Å². The van der Waals surface area contributed by atoms with E-state index < -0.39 is 0 Å². The van der Waals surface area contributed by atoms with Gasteiger partial charge in [-0.1, -0.05) is 0 Å². The van der Waals surface area contributed by atoms with Gasteiger partial charge in [-0.3, -0.25) is 9.59 Å². The maximum Gasteiger partial charge on any atom is 0.228 e. The fraction of sp³-hybridized carbons (Fsp3) is 0.500. The van der Waals surface area contributed by atoms with Crippen molar-refractivity contribution in [2.24, 2.45) is 5.92 Å². The lowest BCUT2D eigenvalue weighted by molar-refractivity contribution is -0.135. The van der Waals surface area contributed by atoms with Crippen LogP contribution in [0, 0.1) is 5.92 Å². The molecule has 1 aromatic heterocycles. The van der Waals surface area contributed by atoms with Crippen molar-refractivity contribution < 1.29 is 9.59 Å². The van der Waals surface area contributed by atoms with Crippen molar-refractivity contribution in [2.45, 2.75) is 13.0 Å². The lowest BCUT2D eigenvalue weighted by Crippen LogP contribution is -2.33. The molecule has 0 aromatic carbocycles. The minimum atomic E-state index is -0.170. The number of thiophene rings is 1.